The number of benzene rings is 2. The highest BCUT2D eigenvalue weighted by molar-refractivity contribution is 5.94. The zero-order chi connectivity index (χ0) is 19.4. The highest BCUT2D eigenvalue weighted by atomic mass is 16.2. The minimum Gasteiger partial charge on any atom is -0.335 e. The number of fused-ring (bicyclic) bond motifs is 1. The van der Waals surface area contributed by atoms with E-state index in [0.29, 0.717) is 11.1 Å². The molecule has 0 fully saturated rings. The SMILES string of the molecule is Cc1ccc(NC(=O)CN(C)C(=O)Cn2ncc3ccccc3c2=O)cc1. The summed E-state index contributed by atoms with van der Waals surface area (Å²) < 4.78 is 1.11. The first-order chi connectivity index (χ1) is 12.9. The van der Waals surface area contributed by atoms with Crippen LogP contribution in [0.5, 0.6) is 0 Å². The predicted molar refractivity (Wildman–Crippen MR) is 103 cm³/mol. The van der Waals surface area contributed by atoms with Crippen molar-refractivity contribution >= 4 is 28.3 Å². The van der Waals surface area contributed by atoms with Crippen molar-refractivity contribution in [2.24, 2.45) is 0 Å². The van der Waals surface area contributed by atoms with Gasteiger partial charge in [0.25, 0.3) is 5.56 Å². The number of hydrogen-bond donors (Lipinski definition) is 1. The van der Waals surface area contributed by atoms with Crippen LogP contribution in [0.25, 0.3) is 10.8 Å². The van der Waals surface area contributed by atoms with E-state index in [0.717, 1.165) is 15.6 Å². The lowest BCUT2D eigenvalue weighted by atomic mass is 10.2. The van der Waals surface area contributed by atoms with Gasteiger partial charge in [0, 0.05) is 18.1 Å². The van der Waals surface area contributed by atoms with Gasteiger partial charge in [-0.1, -0.05) is 35.9 Å². The van der Waals surface area contributed by atoms with Crippen LogP contribution in [0.3, 0.4) is 0 Å². The fourth-order valence-corrected chi connectivity index (χ4v) is 2.63. The fraction of sp³-hybridized carbons (Fsp3) is 0.200. The molecule has 0 saturated carbocycles. The highest BCUT2D eigenvalue weighted by Crippen LogP contribution is 2.09. The summed E-state index contributed by atoms with van der Waals surface area (Å²) >= 11 is 0. The van der Waals surface area contributed by atoms with E-state index in [9.17, 15) is 14.4 Å². The first-order valence-corrected chi connectivity index (χ1v) is 8.49. The molecular formula is C20H20N4O3. The Morgan fingerprint density at radius 2 is 1.81 bits per heavy atom. The van der Waals surface area contributed by atoms with E-state index >= 15 is 0 Å². The topological polar surface area (TPSA) is 84.3 Å². The van der Waals surface area contributed by atoms with E-state index in [1.165, 1.54) is 11.9 Å². The maximum absolute atomic E-state index is 12.4. The van der Waals surface area contributed by atoms with Crippen LogP contribution in [0, 0.1) is 6.92 Å². The van der Waals surface area contributed by atoms with Gasteiger partial charge < -0.3 is 10.2 Å². The summed E-state index contributed by atoms with van der Waals surface area (Å²) in [6.07, 6.45) is 1.55. The van der Waals surface area contributed by atoms with Crippen molar-refractivity contribution < 1.29 is 9.59 Å². The second kappa shape index (κ2) is 7.82. The van der Waals surface area contributed by atoms with Gasteiger partial charge in [0.05, 0.1) is 18.1 Å². The molecular weight excluding hydrogens is 344 g/mol. The number of likely N-dealkylation sites (N-methyl/N-ethyl adjacent to an activating group) is 1. The second-order valence-corrected chi connectivity index (χ2v) is 6.36. The van der Waals surface area contributed by atoms with E-state index in [1.807, 2.05) is 25.1 Å². The monoisotopic (exact) mass is 364 g/mol. The first kappa shape index (κ1) is 18.3. The number of anilines is 1. The van der Waals surface area contributed by atoms with Crippen molar-refractivity contribution in [2.75, 3.05) is 18.9 Å². The quantitative estimate of drug-likeness (QED) is 0.748. The molecule has 7 heteroatoms. The molecule has 1 heterocycles. The van der Waals surface area contributed by atoms with Crippen molar-refractivity contribution in [3.63, 3.8) is 0 Å². The maximum Gasteiger partial charge on any atom is 0.275 e. The zero-order valence-electron chi connectivity index (χ0n) is 15.2. The molecule has 1 N–H and O–H groups in total. The van der Waals surface area contributed by atoms with Crippen LogP contribution >= 0.6 is 0 Å². The number of rotatable bonds is 5. The number of carbonyl (C=O) groups is 2. The Morgan fingerprint density at radius 1 is 1.11 bits per heavy atom. The molecule has 3 rings (SSSR count). The van der Waals surface area contributed by atoms with Gasteiger partial charge in [0.2, 0.25) is 11.8 Å². The summed E-state index contributed by atoms with van der Waals surface area (Å²) in [6.45, 7) is 1.62. The van der Waals surface area contributed by atoms with Gasteiger partial charge in [-0.15, -0.1) is 0 Å². The predicted octanol–water partition coefficient (Wildman–Crippen LogP) is 1.80. The average molecular weight is 364 g/mol. The minimum absolute atomic E-state index is 0.116. The minimum atomic E-state index is -0.376. The molecule has 0 aliphatic heterocycles. The lowest BCUT2D eigenvalue weighted by molar-refractivity contribution is -0.134. The molecule has 0 aliphatic carbocycles. The summed E-state index contributed by atoms with van der Waals surface area (Å²) in [5, 5.41) is 8.00. The molecule has 3 aromatic rings. The van der Waals surface area contributed by atoms with Crippen LogP contribution in [-0.4, -0.2) is 40.1 Å². The van der Waals surface area contributed by atoms with Crippen LogP contribution < -0.4 is 10.9 Å². The van der Waals surface area contributed by atoms with Gasteiger partial charge in [0.15, 0.2) is 0 Å². The van der Waals surface area contributed by atoms with E-state index < -0.39 is 0 Å². The summed E-state index contributed by atoms with van der Waals surface area (Å²) in [5.41, 5.74) is 1.42. The van der Waals surface area contributed by atoms with Crippen LogP contribution in [0.15, 0.2) is 59.5 Å². The molecule has 0 atom stereocenters. The Kier molecular flexibility index (Phi) is 5.30. The number of carbonyl (C=O) groups excluding carboxylic acids is 2. The van der Waals surface area contributed by atoms with E-state index in [1.54, 1.807) is 36.5 Å². The lowest BCUT2D eigenvalue weighted by Crippen LogP contribution is -2.39. The molecule has 1 aromatic heterocycles. The smallest absolute Gasteiger partial charge is 0.275 e. The average Bonchev–Trinajstić information content (AvgIpc) is 2.66. The second-order valence-electron chi connectivity index (χ2n) is 6.36. The first-order valence-electron chi connectivity index (χ1n) is 8.49. The van der Waals surface area contributed by atoms with Crippen LogP contribution in [-0.2, 0) is 16.1 Å². The third-order valence-corrected chi connectivity index (χ3v) is 4.19. The Balaban J connectivity index is 1.63. The molecule has 2 amide bonds. The molecule has 0 bridgehead atoms. The van der Waals surface area contributed by atoms with Crippen LogP contribution in [0.1, 0.15) is 5.56 Å². The van der Waals surface area contributed by atoms with Crippen molar-refractivity contribution in [3.8, 4) is 0 Å². The maximum atomic E-state index is 12.4. The third-order valence-electron chi connectivity index (χ3n) is 4.19. The largest absolute Gasteiger partial charge is 0.335 e. The van der Waals surface area contributed by atoms with Crippen molar-refractivity contribution in [2.45, 2.75) is 13.5 Å². The molecule has 138 valence electrons. The van der Waals surface area contributed by atoms with E-state index in [2.05, 4.69) is 10.4 Å². The van der Waals surface area contributed by atoms with Crippen molar-refractivity contribution in [3.05, 3.63) is 70.6 Å². The number of amides is 2. The van der Waals surface area contributed by atoms with Gasteiger partial charge in [-0.05, 0) is 25.1 Å². The van der Waals surface area contributed by atoms with Gasteiger partial charge >= 0.3 is 0 Å². The Hall–Kier alpha value is -3.48. The summed E-state index contributed by atoms with van der Waals surface area (Å²) in [5.74, 6) is -0.688. The number of nitrogens with one attached hydrogen (secondary N) is 1. The standard InChI is InChI=1S/C20H20N4O3/c1-14-7-9-16(10-8-14)22-18(25)12-23(2)19(26)13-24-20(27)17-6-4-3-5-15(17)11-21-24/h3-11H,12-13H2,1-2H3,(H,22,25). The highest BCUT2D eigenvalue weighted by Gasteiger charge is 2.15. The van der Waals surface area contributed by atoms with E-state index in [4.69, 9.17) is 0 Å². The van der Waals surface area contributed by atoms with Gasteiger partial charge in [0.1, 0.15) is 6.54 Å². The third kappa shape index (κ3) is 4.38. The summed E-state index contributed by atoms with van der Waals surface area (Å²) in [7, 11) is 1.52. The number of aromatic nitrogens is 2. The number of nitrogens with zero attached hydrogens (tertiary/aromatic N) is 3. The van der Waals surface area contributed by atoms with Crippen LogP contribution in [0.2, 0.25) is 0 Å². The lowest BCUT2D eigenvalue weighted by Gasteiger charge is -2.17. The molecule has 7 nitrogen and oxygen atoms in total. The summed E-state index contributed by atoms with van der Waals surface area (Å²) in [4.78, 5) is 38.2. The Labute approximate surface area is 156 Å². The molecule has 0 radical (unpaired) electrons. The summed E-state index contributed by atoms with van der Waals surface area (Å²) in [6, 6.07) is 14.4. The molecule has 0 unspecified atom stereocenters. The van der Waals surface area contributed by atoms with Crippen molar-refractivity contribution in [1.82, 2.24) is 14.7 Å². The van der Waals surface area contributed by atoms with Gasteiger partial charge in [-0.25, -0.2) is 4.68 Å². The van der Waals surface area contributed by atoms with E-state index in [-0.39, 0.29) is 30.5 Å². The molecule has 0 aliphatic rings. The normalized spacial score (nSPS) is 10.6. The van der Waals surface area contributed by atoms with Gasteiger partial charge in [-0.2, -0.15) is 5.10 Å². The molecule has 0 spiro atoms. The fourth-order valence-electron chi connectivity index (χ4n) is 2.63. The molecule has 27 heavy (non-hydrogen) atoms. The molecule has 0 saturated heterocycles. The zero-order valence-corrected chi connectivity index (χ0v) is 15.2. The number of hydrogen-bond acceptors (Lipinski definition) is 4. The number of aryl methyl sites for hydroxylation is 1. The Bertz CT molecular complexity index is 1040. The Morgan fingerprint density at radius 3 is 2.56 bits per heavy atom. The van der Waals surface area contributed by atoms with Crippen LogP contribution in [0.4, 0.5) is 5.69 Å². The van der Waals surface area contributed by atoms with Crippen molar-refractivity contribution in [1.29, 1.82) is 0 Å². The molecule has 2 aromatic carbocycles. The van der Waals surface area contributed by atoms with Gasteiger partial charge in [-0.3, -0.25) is 14.4 Å².